The molecule has 0 bridgehead atoms. The topological polar surface area (TPSA) is 127 Å². The molecule has 9 heteroatoms. The van der Waals surface area contributed by atoms with Crippen molar-refractivity contribution in [2.75, 3.05) is 27.9 Å². The number of hydrogen-bond donors (Lipinski definition) is 2. The molecular weight excluding hydrogens is 402 g/mol. The van der Waals surface area contributed by atoms with E-state index >= 15 is 0 Å². The van der Waals surface area contributed by atoms with Crippen LogP contribution in [0.2, 0.25) is 0 Å². The highest BCUT2D eigenvalue weighted by Crippen LogP contribution is 2.38. The predicted molar refractivity (Wildman–Crippen MR) is 112 cm³/mol. The van der Waals surface area contributed by atoms with Crippen LogP contribution in [0.3, 0.4) is 0 Å². The molecule has 31 heavy (non-hydrogen) atoms. The smallest absolute Gasteiger partial charge is 0.310 e. The lowest BCUT2D eigenvalue weighted by molar-refractivity contribution is -0.142. The van der Waals surface area contributed by atoms with Gasteiger partial charge in [-0.25, -0.2) is 4.98 Å². The molecule has 0 unspecified atom stereocenters. The van der Waals surface area contributed by atoms with Crippen LogP contribution in [-0.2, 0) is 16.0 Å². The molecule has 3 rings (SSSR count). The van der Waals surface area contributed by atoms with Gasteiger partial charge in [-0.3, -0.25) is 4.79 Å². The molecule has 2 N–H and O–H groups in total. The summed E-state index contributed by atoms with van der Waals surface area (Å²) in [6.45, 7) is -0.469. The van der Waals surface area contributed by atoms with Crippen LogP contribution >= 0.6 is 0 Å². The molecule has 3 aromatic rings. The fourth-order valence-corrected chi connectivity index (χ4v) is 3.00. The van der Waals surface area contributed by atoms with E-state index in [1.165, 1.54) is 21.3 Å². The highest BCUT2D eigenvalue weighted by atomic mass is 16.5. The number of nitrogens with zero attached hydrogens (tertiary/aromatic N) is 2. The number of methoxy groups -OCH3 is 3. The van der Waals surface area contributed by atoms with Crippen LogP contribution in [0.15, 0.2) is 42.2 Å². The van der Waals surface area contributed by atoms with E-state index < -0.39 is 18.3 Å². The van der Waals surface area contributed by atoms with E-state index in [1.54, 1.807) is 24.3 Å². The zero-order valence-electron chi connectivity index (χ0n) is 17.3. The zero-order chi connectivity index (χ0) is 22.4. The van der Waals surface area contributed by atoms with E-state index in [-0.39, 0.29) is 17.8 Å². The molecule has 0 fully saturated rings. The number of fused-ring (bicyclic) bond motifs is 1. The Morgan fingerprint density at radius 3 is 2.39 bits per heavy atom. The van der Waals surface area contributed by atoms with Gasteiger partial charge in [0.25, 0.3) is 0 Å². The van der Waals surface area contributed by atoms with E-state index in [4.69, 9.17) is 18.9 Å². The monoisotopic (exact) mass is 423 g/mol. The molecule has 0 radical (unpaired) electrons. The Morgan fingerprint density at radius 2 is 1.81 bits per heavy atom. The molecule has 1 heterocycles. The summed E-state index contributed by atoms with van der Waals surface area (Å²) in [5, 5.41) is 19.7. The largest absolute Gasteiger partial charge is 0.507 e. The average molecular weight is 423 g/mol. The molecule has 0 aliphatic carbocycles. The fraction of sp³-hybridized carbons (Fsp3) is 0.227. The second-order valence-corrected chi connectivity index (χ2v) is 6.41. The summed E-state index contributed by atoms with van der Waals surface area (Å²) in [6.07, 6.45) is -0.101. The van der Waals surface area contributed by atoms with Gasteiger partial charge in [0.15, 0.2) is 23.1 Å². The highest BCUT2D eigenvalue weighted by molar-refractivity contribution is 5.83. The van der Waals surface area contributed by atoms with Gasteiger partial charge in [-0.2, -0.15) is 5.26 Å². The number of nitriles is 1. The molecule has 0 saturated heterocycles. The predicted octanol–water partition coefficient (Wildman–Crippen LogP) is 3.17. The van der Waals surface area contributed by atoms with Crippen molar-refractivity contribution < 1.29 is 28.8 Å². The van der Waals surface area contributed by atoms with E-state index in [2.05, 4.69) is 9.97 Å². The van der Waals surface area contributed by atoms with Crippen LogP contribution in [0.5, 0.6) is 17.2 Å². The molecule has 1 aromatic heterocycles. The second kappa shape index (κ2) is 9.54. The van der Waals surface area contributed by atoms with Crippen LogP contribution in [0.4, 0.5) is 0 Å². The summed E-state index contributed by atoms with van der Waals surface area (Å²) in [5.74, 6) is 0.407. The third kappa shape index (κ3) is 4.70. The number of H-pyrrole nitrogens is 1. The number of ether oxygens (including phenoxy) is 4. The number of benzene rings is 2. The number of allylic oxidation sites excluding steroid dienone is 1. The molecule has 0 atom stereocenters. The van der Waals surface area contributed by atoms with Crippen LogP contribution in [0, 0.1) is 11.3 Å². The van der Waals surface area contributed by atoms with Crippen molar-refractivity contribution in [3.8, 4) is 23.3 Å². The number of para-hydroxylation sites is 2. The normalized spacial score (nSPS) is 11.4. The van der Waals surface area contributed by atoms with Gasteiger partial charge in [0.2, 0.25) is 5.75 Å². The van der Waals surface area contributed by atoms with Gasteiger partial charge >= 0.3 is 5.97 Å². The Morgan fingerprint density at radius 1 is 1.13 bits per heavy atom. The minimum absolute atomic E-state index is 0.100. The Balaban J connectivity index is 1.73. The van der Waals surface area contributed by atoms with Gasteiger partial charge in [0, 0.05) is 0 Å². The summed E-state index contributed by atoms with van der Waals surface area (Å²) in [7, 11) is 4.44. The van der Waals surface area contributed by atoms with Crippen molar-refractivity contribution in [3.05, 3.63) is 53.5 Å². The van der Waals surface area contributed by atoms with Crippen LogP contribution in [0.25, 0.3) is 16.6 Å². The van der Waals surface area contributed by atoms with Gasteiger partial charge in [-0.05, 0) is 29.8 Å². The minimum atomic E-state index is -0.609. The Bertz CT molecular complexity index is 1120. The van der Waals surface area contributed by atoms with Crippen LogP contribution < -0.4 is 14.2 Å². The number of imidazole rings is 1. The summed E-state index contributed by atoms with van der Waals surface area (Å²) in [6, 6.07) is 12.4. The molecule has 160 valence electrons. The van der Waals surface area contributed by atoms with E-state index in [1.807, 2.05) is 18.2 Å². The second-order valence-electron chi connectivity index (χ2n) is 6.41. The summed E-state index contributed by atoms with van der Waals surface area (Å²) in [5.41, 5.74) is 1.84. The maximum atomic E-state index is 12.3. The lowest BCUT2D eigenvalue weighted by Crippen LogP contribution is -2.12. The maximum absolute atomic E-state index is 12.3. The number of carbonyl (C=O) groups excluding carboxylic acids is 1. The van der Waals surface area contributed by atoms with Gasteiger partial charge in [-0.1, -0.05) is 12.1 Å². The zero-order valence-corrected chi connectivity index (χ0v) is 17.3. The first-order chi connectivity index (χ1) is 15.0. The van der Waals surface area contributed by atoms with Gasteiger partial charge in [-0.15, -0.1) is 0 Å². The number of aromatic amines is 1. The average Bonchev–Trinajstić information content (AvgIpc) is 3.21. The number of rotatable bonds is 8. The molecule has 0 aliphatic heterocycles. The van der Waals surface area contributed by atoms with Crippen LogP contribution in [0.1, 0.15) is 11.4 Å². The number of hydrogen-bond acceptors (Lipinski definition) is 8. The van der Waals surface area contributed by atoms with E-state index in [0.29, 0.717) is 28.3 Å². The Kier molecular flexibility index (Phi) is 6.62. The summed E-state index contributed by atoms with van der Waals surface area (Å²) < 4.78 is 20.9. The van der Waals surface area contributed by atoms with Gasteiger partial charge < -0.3 is 29.0 Å². The van der Waals surface area contributed by atoms with E-state index in [0.717, 1.165) is 5.52 Å². The van der Waals surface area contributed by atoms with E-state index in [9.17, 15) is 15.2 Å². The van der Waals surface area contributed by atoms with Crippen LogP contribution in [-0.4, -0.2) is 49.0 Å². The van der Waals surface area contributed by atoms with Crippen molar-refractivity contribution in [1.82, 2.24) is 9.97 Å². The first-order valence-corrected chi connectivity index (χ1v) is 9.22. The van der Waals surface area contributed by atoms with Crippen molar-refractivity contribution >= 4 is 22.6 Å². The number of carbonyl (C=O) groups is 1. The van der Waals surface area contributed by atoms with Gasteiger partial charge in [0.05, 0.1) is 38.8 Å². The summed E-state index contributed by atoms with van der Waals surface area (Å²) in [4.78, 5) is 19.5. The Labute approximate surface area is 178 Å². The molecule has 0 spiro atoms. The van der Waals surface area contributed by atoms with Crippen molar-refractivity contribution in [1.29, 1.82) is 5.26 Å². The van der Waals surface area contributed by atoms with Gasteiger partial charge in [0.1, 0.15) is 18.2 Å². The SMILES string of the molecule is COc1cc(CC(=O)OC/C(O)=C(\C#N)c2nc3ccccc3[nH]2)cc(OC)c1OC. The van der Waals surface area contributed by atoms with Crippen molar-refractivity contribution in [2.45, 2.75) is 6.42 Å². The lowest BCUT2D eigenvalue weighted by atomic mass is 10.1. The fourth-order valence-electron chi connectivity index (χ4n) is 3.00. The molecule has 2 aromatic carbocycles. The first kappa shape index (κ1) is 21.5. The number of aromatic nitrogens is 2. The third-order valence-corrected chi connectivity index (χ3v) is 4.47. The highest BCUT2D eigenvalue weighted by Gasteiger charge is 2.17. The molecule has 0 aliphatic rings. The maximum Gasteiger partial charge on any atom is 0.310 e. The molecule has 0 saturated carbocycles. The molecular formula is C22H21N3O6. The quantitative estimate of drug-likeness (QED) is 0.321. The number of aliphatic hydroxyl groups is 1. The molecule has 9 nitrogen and oxygen atoms in total. The van der Waals surface area contributed by atoms with Crippen molar-refractivity contribution in [3.63, 3.8) is 0 Å². The van der Waals surface area contributed by atoms with Crippen molar-refractivity contribution in [2.24, 2.45) is 0 Å². The standard InChI is InChI=1S/C22H21N3O6/c1-28-18-8-13(9-19(29-2)21(18)30-3)10-20(27)31-12-17(26)14(11-23)22-24-15-6-4-5-7-16(15)25-22/h4-9,26H,10,12H2,1-3H3,(H,24,25)/b17-14-. The molecule has 0 amide bonds. The number of nitrogens with one attached hydrogen (secondary N) is 1. The Hall–Kier alpha value is -4.19. The number of esters is 1. The first-order valence-electron chi connectivity index (χ1n) is 9.22. The minimum Gasteiger partial charge on any atom is -0.507 e. The lowest BCUT2D eigenvalue weighted by Gasteiger charge is -2.14. The third-order valence-electron chi connectivity index (χ3n) is 4.47. The number of aliphatic hydroxyl groups excluding tert-OH is 1. The summed E-state index contributed by atoms with van der Waals surface area (Å²) >= 11 is 0.